The van der Waals surface area contributed by atoms with Gasteiger partial charge in [0.1, 0.15) is 5.82 Å². The third-order valence-corrected chi connectivity index (χ3v) is 4.47. The van der Waals surface area contributed by atoms with E-state index in [1.165, 1.54) is 0 Å². The van der Waals surface area contributed by atoms with Crippen molar-refractivity contribution in [3.8, 4) is 34.0 Å². The first-order chi connectivity index (χ1) is 13.2. The van der Waals surface area contributed by atoms with Gasteiger partial charge in [-0.1, -0.05) is 36.4 Å². The predicted octanol–water partition coefficient (Wildman–Crippen LogP) is 4.27. The number of hydrogen-bond donors (Lipinski definition) is 1. The summed E-state index contributed by atoms with van der Waals surface area (Å²) in [4.78, 5) is 20.2. The summed E-state index contributed by atoms with van der Waals surface area (Å²) in [6, 6.07) is 21.1. The number of H-pyrrole nitrogens is 1. The molecular formula is C22H18N2O3. The number of fused-ring (bicyclic) bond motifs is 1. The van der Waals surface area contributed by atoms with E-state index >= 15 is 0 Å². The third kappa shape index (κ3) is 3.15. The first-order valence-electron chi connectivity index (χ1n) is 8.51. The summed E-state index contributed by atoms with van der Waals surface area (Å²) in [5, 5.41) is 0.556. The first-order valence-corrected chi connectivity index (χ1v) is 8.51. The highest BCUT2D eigenvalue weighted by molar-refractivity contribution is 5.85. The van der Waals surface area contributed by atoms with E-state index in [2.05, 4.69) is 9.97 Å². The van der Waals surface area contributed by atoms with E-state index < -0.39 is 0 Å². The molecule has 0 saturated heterocycles. The van der Waals surface area contributed by atoms with Gasteiger partial charge in [-0.25, -0.2) is 4.98 Å². The maximum Gasteiger partial charge on any atom is 0.259 e. The van der Waals surface area contributed by atoms with E-state index in [1.807, 2.05) is 54.6 Å². The van der Waals surface area contributed by atoms with Crippen LogP contribution >= 0.6 is 0 Å². The molecule has 27 heavy (non-hydrogen) atoms. The average Bonchev–Trinajstić information content (AvgIpc) is 2.73. The van der Waals surface area contributed by atoms with Crippen molar-refractivity contribution in [2.45, 2.75) is 0 Å². The molecule has 1 aromatic heterocycles. The van der Waals surface area contributed by atoms with Crippen molar-refractivity contribution < 1.29 is 9.47 Å². The third-order valence-electron chi connectivity index (χ3n) is 4.47. The number of nitrogens with zero attached hydrogens (tertiary/aromatic N) is 1. The molecule has 3 aromatic carbocycles. The maximum absolute atomic E-state index is 12.7. The lowest BCUT2D eigenvalue weighted by Gasteiger charge is -2.10. The van der Waals surface area contributed by atoms with E-state index in [-0.39, 0.29) is 5.56 Å². The van der Waals surface area contributed by atoms with Crippen LogP contribution in [0.3, 0.4) is 0 Å². The molecule has 0 aliphatic rings. The molecule has 134 valence electrons. The highest BCUT2D eigenvalue weighted by atomic mass is 16.5. The number of aromatic amines is 1. The summed E-state index contributed by atoms with van der Waals surface area (Å²) in [5.41, 5.74) is 3.25. The summed E-state index contributed by atoms with van der Waals surface area (Å²) in [6.07, 6.45) is 0. The largest absolute Gasteiger partial charge is 0.493 e. The molecule has 1 heterocycles. The molecule has 0 radical (unpaired) electrons. The lowest BCUT2D eigenvalue weighted by atomic mass is 10.0. The van der Waals surface area contributed by atoms with Gasteiger partial charge < -0.3 is 14.5 Å². The number of aromatic nitrogens is 2. The zero-order valence-corrected chi connectivity index (χ0v) is 15.0. The van der Waals surface area contributed by atoms with Gasteiger partial charge in [0.15, 0.2) is 11.5 Å². The molecular weight excluding hydrogens is 340 g/mol. The van der Waals surface area contributed by atoms with Gasteiger partial charge in [-0.15, -0.1) is 0 Å². The zero-order valence-electron chi connectivity index (χ0n) is 15.0. The Morgan fingerprint density at radius 3 is 2.26 bits per heavy atom. The Morgan fingerprint density at radius 2 is 1.52 bits per heavy atom. The summed E-state index contributed by atoms with van der Waals surface area (Å²) >= 11 is 0. The minimum Gasteiger partial charge on any atom is -0.493 e. The summed E-state index contributed by atoms with van der Waals surface area (Å²) in [7, 11) is 3.15. The average molecular weight is 358 g/mol. The van der Waals surface area contributed by atoms with E-state index in [0.29, 0.717) is 28.2 Å². The van der Waals surface area contributed by atoms with Crippen molar-refractivity contribution in [2.24, 2.45) is 0 Å². The Morgan fingerprint density at radius 1 is 0.778 bits per heavy atom. The first kappa shape index (κ1) is 16.8. The SMILES string of the molecule is COc1ccc(-c2nc3ccc(-c4ccccc4)cc3c(=O)[nH]2)cc1OC. The van der Waals surface area contributed by atoms with Crippen molar-refractivity contribution in [1.82, 2.24) is 9.97 Å². The molecule has 0 atom stereocenters. The molecule has 0 amide bonds. The van der Waals surface area contributed by atoms with Crippen molar-refractivity contribution >= 4 is 10.9 Å². The van der Waals surface area contributed by atoms with Gasteiger partial charge in [0.2, 0.25) is 0 Å². The molecule has 0 bridgehead atoms. The smallest absolute Gasteiger partial charge is 0.259 e. The zero-order chi connectivity index (χ0) is 18.8. The van der Waals surface area contributed by atoms with Crippen LogP contribution in [0, 0.1) is 0 Å². The van der Waals surface area contributed by atoms with Gasteiger partial charge >= 0.3 is 0 Å². The number of ether oxygens (including phenoxy) is 2. The molecule has 0 fully saturated rings. The summed E-state index contributed by atoms with van der Waals surface area (Å²) < 4.78 is 10.6. The van der Waals surface area contributed by atoms with Crippen LogP contribution in [-0.4, -0.2) is 24.2 Å². The van der Waals surface area contributed by atoms with Crippen LogP contribution in [0.2, 0.25) is 0 Å². The fraction of sp³-hybridized carbons (Fsp3) is 0.0909. The Hall–Kier alpha value is -3.60. The van der Waals surface area contributed by atoms with E-state index in [1.54, 1.807) is 26.4 Å². The molecule has 5 heteroatoms. The van der Waals surface area contributed by atoms with Crippen LogP contribution in [0.1, 0.15) is 0 Å². The van der Waals surface area contributed by atoms with Crippen LogP contribution < -0.4 is 15.0 Å². The molecule has 0 unspecified atom stereocenters. The number of methoxy groups -OCH3 is 2. The molecule has 0 aliphatic heterocycles. The van der Waals surface area contributed by atoms with Gasteiger partial charge in [0.05, 0.1) is 25.1 Å². The normalized spacial score (nSPS) is 10.7. The number of nitrogens with one attached hydrogen (secondary N) is 1. The predicted molar refractivity (Wildman–Crippen MR) is 106 cm³/mol. The van der Waals surface area contributed by atoms with Crippen molar-refractivity contribution in [3.63, 3.8) is 0 Å². The van der Waals surface area contributed by atoms with Crippen LogP contribution in [0.4, 0.5) is 0 Å². The fourth-order valence-electron chi connectivity index (χ4n) is 3.07. The van der Waals surface area contributed by atoms with E-state index in [9.17, 15) is 4.79 Å². The van der Waals surface area contributed by atoms with E-state index in [4.69, 9.17) is 9.47 Å². The molecule has 4 aromatic rings. The van der Waals surface area contributed by atoms with Gasteiger partial charge in [0, 0.05) is 5.56 Å². The standard InChI is InChI=1S/C22H18N2O3/c1-26-19-11-9-16(13-20(19)27-2)21-23-18-10-8-15(12-17(18)22(25)24-21)14-6-4-3-5-7-14/h3-13H,1-2H3,(H,23,24,25). The minimum atomic E-state index is -0.178. The van der Waals surface area contributed by atoms with Crippen LogP contribution in [0.15, 0.2) is 71.5 Å². The number of benzene rings is 3. The highest BCUT2D eigenvalue weighted by Crippen LogP contribution is 2.31. The molecule has 0 aliphatic carbocycles. The lowest BCUT2D eigenvalue weighted by Crippen LogP contribution is -2.09. The van der Waals surface area contributed by atoms with Gasteiger partial charge in [-0.3, -0.25) is 4.79 Å². The van der Waals surface area contributed by atoms with Crippen molar-refractivity contribution in [3.05, 3.63) is 77.1 Å². The molecule has 5 nitrogen and oxygen atoms in total. The molecule has 0 spiro atoms. The molecule has 1 N–H and O–H groups in total. The van der Waals surface area contributed by atoms with Crippen LogP contribution in [-0.2, 0) is 0 Å². The minimum absolute atomic E-state index is 0.178. The molecule has 4 rings (SSSR count). The topological polar surface area (TPSA) is 64.2 Å². The van der Waals surface area contributed by atoms with Gasteiger partial charge in [0.25, 0.3) is 5.56 Å². The lowest BCUT2D eigenvalue weighted by molar-refractivity contribution is 0.355. The second kappa shape index (κ2) is 6.96. The Kier molecular flexibility index (Phi) is 4.34. The maximum atomic E-state index is 12.7. The second-order valence-electron chi connectivity index (χ2n) is 6.08. The van der Waals surface area contributed by atoms with Crippen molar-refractivity contribution in [2.75, 3.05) is 14.2 Å². The van der Waals surface area contributed by atoms with Crippen LogP contribution in [0.25, 0.3) is 33.4 Å². The summed E-state index contributed by atoms with van der Waals surface area (Å²) in [5.74, 6) is 1.69. The monoisotopic (exact) mass is 358 g/mol. The highest BCUT2D eigenvalue weighted by Gasteiger charge is 2.11. The quantitative estimate of drug-likeness (QED) is 0.592. The Bertz CT molecular complexity index is 1170. The molecule has 0 saturated carbocycles. The van der Waals surface area contributed by atoms with Crippen LogP contribution in [0.5, 0.6) is 11.5 Å². The van der Waals surface area contributed by atoms with E-state index in [0.717, 1.165) is 16.7 Å². The Balaban J connectivity index is 1.82. The Labute approximate surface area is 156 Å². The summed E-state index contributed by atoms with van der Waals surface area (Å²) in [6.45, 7) is 0. The van der Waals surface area contributed by atoms with Gasteiger partial charge in [-0.2, -0.15) is 0 Å². The number of hydrogen-bond acceptors (Lipinski definition) is 4. The number of rotatable bonds is 4. The van der Waals surface area contributed by atoms with Gasteiger partial charge in [-0.05, 0) is 41.5 Å². The second-order valence-corrected chi connectivity index (χ2v) is 6.08. The van der Waals surface area contributed by atoms with Crippen molar-refractivity contribution in [1.29, 1.82) is 0 Å². The fourth-order valence-corrected chi connectivity index (χ4v) is 3.07.